The molecule has 1 aromatic carbocycles. The van der Waals surface area contributed by atoms with E-state index in [2.05, 4.69) is 15.5 Å². The molecule has 2 N–H and O–H groups in total. The molecule has 1 unspecified atom stereocenters. The summed E-state index contributed by atoms with van der Waals surface area (Å²) < 4.78 is 13.2. The first-order valence-corrected chi connectivity index (χ1v) is 8.78. The van der Waals surface area contributed by atoms with Crippen LogP contribution in [0.15, 0.2) is 18.2 Å². The number of carbonyl (C=O) groups is 2. The van der Waals surface area contributed by atoms with Gasteiger partial charge in [0.15, 0.2) is 0 Å². The van der Waals surface area contributed by atoms with Crippen molar-refractivity contribution in [1.82, 2.24) is 15.1 Å². The Morgan fingerprint density at radius 2 is 1.96 bits per heavy atom. The fourth-order valence-corrected chi connectivity index (χ4v) is 2.94. The number of amides is 3. The van der Waals surface area contributed by atoms with Crippen LogP contribution in [-0.4, -0.2) is 60.0 Å². The minimum Gasteiger partial charge on any atom is -0.352 e. The number of nitrogens with zero attached hydrogens (tertiary/aromatic N) is 3. The molecule has 0 radical (unpaired) electrons. The van der Waals surface area contributed by atoms with Gasteiger partial charge in [-0.15, -0.1) is 0 Å². The van der Waals surface area contributed by atoms with Crippen LogP contribution < -0.4 is 10.6 Å². The highest BCUT2D eigenvalue weighted by molar-refractivity contribution is 5.91. The van der Waals surface area contributed by atoms with Crippen LogP contribution in [0.3, 0.4) is 0 Å². The molecular weight excluding hydrogens is 337 g/mol. The second kappa shape index (κ2) is 7.70. The summed E-state index contributed by atoms with van der Waals surface area (Å²) in [6, 6.07) is 5.33. The van der Waals surface area contributed by atoms with Crippen LogP contribution in [0.1, 0.15) is 25.3 Å². The summed E-state index contributed by atoms with van der Waals surface area (Å²) in [6.07, 6.45) is 2.11. The quantitative estimate of drug-likeness (QED) is 0.853. The highest BCUT2D eigenvalue weighted by Gasteiger charge is 2.31. The second-order valence-electron chi connectivity index (χ2n) is 6.71. The van der Waals surface area contributed by atoms with E-state index in [1.165, 1.54) is 12.1 Å². The summed E-state index contributed by atoms with van der Waals surface area (Å²) >= 11 is 0. The van der Waals surface area contributed by atoms with Gasteiger partial charge in [0.1, 0.15) is 11.9 Å². The number of benzene rings is 1. The Morgan fingerprint density at radius 1 is 1.27 bits per heavy atom. The monoisotopic (exact) mass is 359 g/mol. The topological polar surface area (TPSA) is 88.5 Å². The van der Waals surface area contributed by atoms with E-state index < -0.39 is 5.82 Å². The average molecular weight is 359 g/mol. The molecule has 0 bridgehead atoms. The van der Waals surface area contributed by atoms with Crippen LogP contribution in [0.25, 0.3) is 0 Å². The Hall–Kier alpha value is -2.66. The van der Waals surface area contributed by atoms with Crippen molar-refractivity contribution in [3.8, 4) is 6.07 Å². The zero-order valence-corrected chi connectivity index (χ0v) is 14.7. The van der Waals surface area contributed by atoms with Gasteiger partial charge < -0.3 is 15.5 Å². The highest BCUT2D eigenvalue weighted by atomic mass is 19.1. The Bertz CT molecular complexity index is 736. The third-order valence-electron chi connectivity index (χ3n) is 4.80. The number of carbonyl (C=O) groups excluding carboxylic acids is 2. The van der Waals surface area contributed by atoms with Crippen LogP contribution >= 0.6 is 0 Å². The summed E-state index contributed by atoms with van der Waals surface area (Å²) in [5.74, 6) is -0.484. The molecule has 2 fully saturated rings. The van der Waals surface area contributed by atoms with E-state index in [4.69, 9.17) is 5.26 Å². The van der Waals surface area contributed by atoms with Gasteiger partial charge in [0.05, 0.1) is 17.3 Å². The number of hydrogen-bond acceptors (Lipinski definition) is 4. The molecular formula is C18H22FN5O2. The predicted molar refractivity (Wildman–Crippen MR) is 93.9 cm³/mol. The standard InChI is InChI=1S/C18H22FN5O2/c1-12(17(25)21-15-3-4-15)23-6-8-24(9-7-23)18(26)22-16-5-2-14(19)10-13(16)11-20/h2,5,10,12,15H,3-4,6-9H2,1H3,(H,21,25)(H,22,26). The minimum atomic E-state index is -0.522. The number of halogens is 1. The van der Waals surface area contributed by atoms with E-state index in [9.17, 15) is 14.0 Å². The molecule has 3 rings (SSSR count). The van der Waals surface area contributed by atoms with E-state index >= 15 is 0 Å². The molecule has 7 nitrogen and oxygen atoms in total. The van der Waals surface area contributed by atoms with Crippen molar-refractivity contribution in [2.24, 2.45) is 0 Å². The molecule has 0 aromatic heterocycles. The Labute approximate surface area is 151 Å². The number of nitrogens with one attached hydrogen (secondary N) is 2. The lowest BCUT2D eigenvalue weighted by Crippen LogP contribution is -2.55. The SMILES string of the molecule is CC(C(=O)NC1CC1)N1CCN(C(=O)Nc2ccc(F)cc2C#N)CC1. The maximum atomic E-state index is 13.2. The molecule has 2 aliphatic rings. The molecule has 26 heavy (non-hydrogen) atoms. The Kier molecular flexibility index (Phi) is 5.38. The largest absolute Gasteiger partial charge is 0.352 e. The Balaban J connectivity index is 1.52. The van der Waals surface area contributed by atoms with Crippen LogP contribution in [-0.2, 0) is 4.79 Å². The van der Waals surface area contributed by atoms with Gasteiger partial charge in [-0.1, -0.05) is 0 Å². The van der Waals surface area contributed by atoms with Crippen molar-refractivity contribution in [2.45, 2.75) is 31.8 Å². The molecule has 1 saturated heterocycles. The fraction of sp³-hybridized carbons (Fsp3) is 0.500. The molecule has 1 saturated carbocycles. The predicted octanol–water partition coefficient (Wildman–Crippen LogP) is 1.51. The average Bonchev–Trinajstić information content (AvgIpc) is 3.46. The lowest BCUT2D eigenvalue weighted by molar-refractivity contribution is -0.126. The van der Waals surface area contributed by atoms with Crippen LogP contribution in [0.5, 0.6) is 0 Å². The highest BCUT2D eigenvalue weighted by Crippen LogP contribution is 2.20. The summed E-state index contributed by atoms with van der Waals surface area (Å²) in [4.78, 5) is 28.2. The molecule has 8 heteroatoms. The van der Waals surface area contributed by atoms with Gasteiger partial charge in [-0.2, -0.15) is 5.26 Å². The van der Waals surface area contributed by atoms with Crippen LogP contribution in [0.4, 0.5) is 14.9 Å². The number of urea groups is 1. The maximum Gasteiger partial charge on any atom is 0.321 e. The van der Waals surface area contributed by atoms with Crippen molar-refractivity contribution in [3.05, 3.63) is 29.6 Å². The summed E-state index contributed by atoms with van der Waals surface area (Å²) in [7, 11) is 0. The minimum absolute atomic E-state index is 0.0374. The third-order valence-corrected chi connectivity index (χ3v) is 4.80. The molecule has 1 aliphatic heterocycles. The van der Waals surface area contributed by atoms with E-state index in [-0.39, 0.29) is 23.5 Å². The summed E-state index contributed by atoms with van der Waals surface area (Å²) in [6.45, 7) is 4.04. The smallest absolute Gasteiger partial charge is 0.321 e. The maximum absolute atomic E-state index is 13.2. The van der Waals surface area contributed by atoms with Crippen molar-refractivity contribution in [2.75, 3.05) is 31.5 Å². The molecule has 1 aromatic rings. The van der Waals surface area contributed by atoms with Crippen LogP contribution in [0.2, 0.25) is 0 Å². The number of nitriles is 1. The van der Waals surface area contributed by atoms with Gasteiger partial charge in [0, 0.05) is 32.2 Å². The summed E-state index contributed by atoms with van der Waals surface area (Å²) in [5, 5.41) is 14.7. The lowest BCUT2D eigenvalue weighted by atomic mass is 10.2. The van der Waals surface area contributed by atoms with Gasteiger partial charge in [-0.05, 0) is 38.0 Å². The van der Waals surface area contributed by atoms with E-state index in [0.717, 1.165) is 18.9 Å². The number of hydrogen-bond donors (Lipinski definition) is 2. The molecule has 3 amide bonds. The molecule has 1 aliphatic carbocycles. The van der Waals surface area contributed by atoms with Crippen molar-refractivity contribution in [1.29, 1.82) is 5.26 Å². The first-order chi connectivity index (χ1) is 12.5. The molecule has 1 heterocycles. The van der Waals surface area contributed by atoms with E-state index in [1.54, 1.807) is 4.90 Å². The molecule has 138 valence electrons. The van der Waals surface area contributed by atoms with Crippen molar-refractivity contribution < 1.29 is 14.0 Å². The van der Waals surface area contributed by atoms with Gasteiger partial charge in [0.25, 0.3) is 0 Å². The van der Waals surface area contributed by atoms with Gasteiger partial charge in [-0.3, -0.25) is 9.69 Å². The van der Waals surface area contributed by atoms with E-state index in [0.29, 0.717) is 37.9 Å². The lowest BCUT2D eigenvalue weighted by Gasteiger charge is -2.37. The normalized spacial score (nSPS) is 18.7. The number of rotatable bonds is 4. The molecule has 1 atom stereocenters. The number of anilines is 1. The molecule has 0 spiro atoms. The van der Waals surface area contributed by atoms with Crippen molar-refractivity contribution >= 4 is 17.6 Å². The number of piperazine rings is 1. The first-order valence-electron chi connectivity index (χ1n) is 8.78. The Morgan fingerprint density at radius 3 is 2.58 bits per heavy atom. The van der Waals surface area contributed by atoms with Gasteiger partial charge in [-0.25, -0.2) is 9.18 Å². The second-order valence-corrected chi connectivity index (χ2v) is 6.71. The van der Waals surface area contributed by atoms with Crippen LogP contribution in [0, 0.1) is 17.1 Å². The van der Waals surface area contributed by atoms with Gasteiger partial charge >= 0.3 is 6.03 Å². The van der Waals surface area contributed by atoms with Gasteiger partial charge in [0.2, 0.25) is 5.91 Å². The van der Waals surface area contributed by atoms with E-state index in [1.807, 2.05) is 13.0 Å². The zero-order chi connectivity index (χ0) is 18.7. The summed E-state index contributed by atoms with van der Waals surface area (Å²) in [5.41, 5.74) is 0.376. The fourth-order valence-electron chi connectivity index (χ4n) is 2.94. The first kappa shape index (κ1) is 18.1. The van der Waals surface area contributed by atoms with Crippen molar-refractivity contribution in [3.63, 3.8) is 0 Å². The third kappa shape index (κ3) is 4.29. The zero-order valence-electron chi connectivity index (χ0n) is 14.7.